The summed E-state index contributed by atoms with van der Waals surface area (Å²) in [6, 6.07) is 8.57. The van der Waals surface area contributed by atoms with Gasteiger partial charge in [0.25, 0.3) is 0 Å². The number of rotatable bonds is 4. The second-order valence-corrected chi connectivity index (χ2v) is 6.79. The highest BCUT2D eigenvalue weighted by Crippen LogP contribution is 2.19. The van der Waals surface area contributed by atoms with E-state index in [1.807, 2.05) is 4.90 Å². The fourth-order valence-corrected chi connectivity index (χ4v) is 3.52. The first-order valence-electron chi connectivity index (χ1n) is 9.20. The summed E-state index contributed by atoms with van der Waals surface area (Å²) in [4.78, 5) is 16.6. The summed E-state index contributed by atoms with van der Waals surface area (Å²) in [6.07, 6.45) is 3.54. The largest absolute Gasteiger partial charge is 0.378 e. The van der Waals surface area contributed by atoms with Crippen LogP contribution >= 0.6 is 0 Å². The minimum atomic E-state index is 0.0744. The van der Waals surface area contributed by atoms with Gasteiger partial charge in [0.05, 0.1) is 13.2 Å². The van der Waals surface area contributed by atoms with E-state index in [0.29, 0.717) is 12.5 Å². The highest BCUT2D eigenvalue weighted by atomic mass is 16.5. The number of amides is 2. The van der Waals surface area contributed by atoms with Crippen molar-refractivity contribution >= 4 is 11.7 Å². The number of benzene rings is 1. The van der Waals surface area contributed by atoms with E-state index in [1.165, 1.54) is 12.1 Å². The molecule has 0 saturated carbocycles. The Labute approximate surface area is 145 Å². The van der Waals surface area contributed by atoms with Crippen molar-refractivity contribution in [1.82, 2.24) is 10.2 Å². The van der Waals surface area contributed by atoms with Gasteiger partial charge in [-0.25, -0.2) is 4.79 Å². The molecule has 0 radical (unpaired) electrons. The number of carbonyl (C=O) groups is 1. The van der Waals surface area contributed by atoms with Gasteiger partial charge in [0.1, 0.15) is 0 Å². The van der Waals surface area contributed by atoms with Crippen LogP contribution in [0.4, 0.5) is 10.5 Å². The van der Waals surface area contributed by atoms with E-state index in [2.05, 4.69) is 41.4 Å². The summed E-state index contributed by atoms with van der Waals surface area (Å²) in [5.41, 5.74) is 2.37. The number of morpholine rings is 1. The molecule has 5 heteroatoms. The van der Waals surface area contributed by atoms with Gasteiger partial charge < -0.3 is 19.9 Å². The maximum atomic E-state index is 12.3. The number of nitrogens with one attached hydrogen (secondary N) is 1. The van der Waals surface area contributed by atoms with E-state index < -0.39 is 0 Å². The Morgan fingerprint density at radius 3 is 2.67 bits per heavy atom. The highest BCUT2D eigenvalue weighted by Gasteiger charge is 2.22. The third kappa shape index (κ3) is 4.41. The molecule has 5 nitrogen and oxygen atoms in total. The Morgan fingerprint density at radius 2 is 1.96 bits per heavy atom. The topological polar surface area (TPSA) is 44.8 Å². The van der Waals surface area contributed by atoms with Gasteiger partial charge in [-0.05, 0) is 36.5 Å². The quantitative estimate of drug-likeness (QED) is 0.923. The van der Waals surface area contributed by atoms with Crippen LogP contribution in [-0.4, -0.2) is 50.3 Å². The smallest absolute Gasteiger partial charge is 0.317 e. The van der Waals surface area contributed by atoms with Crippen LogP contribution in [0.1, 0.15) is 31.7 Å². The fourth-order valence-electron chi connectivity index (χ4n) is 3.52. The van der Waals surface area contributed by atoms with Crippen molar-refractivity contribution in [3.63, 3.8) is 0 Å². The molecule has 3 rings (SSSR count). The van der Waals surface area contributed by atoms with Crippen LogP contribution in [0.15, 0.2) is 24.3 Å². The van der Waals surface area contributed by atoms with Crippen LogP contribution in [0.25, 0.3) is 0 Å². The van der Waals surface area contributed by atoms with Crippen LogP contribution in [0.3, 0.4) is 0 Å². The lowest BCUT2D eigenvalue weighted by molar-refractivity contribution is 0.122. The van der Waals surface area contributed by atoms with Gasteiger partial charge in [-0.2, -0.15) is 0 Å². The fraction of sp³-hybridized carbons (Fsp3) is 0.632. The first kappa shape index (κ1) is 17.1. The Balaban J connectivity index is 1.48. The monoisotopic (exact) mass is 331 g/mol. The molecule has 0 aromatic heterocycles. The molecule has 0 spiro atoms. The lowest BCUT2D eigenvalue weighted by atomic mass is 9.96. The molecule has 24 heavy (non-hydrogen) atoms. The maximum absolute atomic E-state index is 12.3. The number of anilines is 1. The molecule has 2 aliphatic rings. The molecule has 2 aliphatic heterocycles. The Hall–Kier alpha value is -1.75. The van der Waals surface area contributed by atoms with Crippen LogP contribution in [0, 0.1) is 5.92 Å². The van der Waals surface area contributed by atoms with Crippen LogP contribution in [-0.2, 0) is 11.3 Å². The molecule has 1 aromatic carbocycles. The van der Waals surface area contributed by atoms with Crippen molar-refractivity contribution in [1.29, 1.82) is 0 Å². The van der Waals surface area contributed by atoms with Crippen molar-refractivity contribution in [3.8, 4) is 0 Å². The number of likely N-dealkylation sites (tertiary alicyclic amines) is 1. The van der Waals surface area contributed by atoms with E-state index in [1.54, 1.807) is 0 Å². The normalized spacial score (nSPS) is 21.6. The predicted octanol–water partition coefficient (Wildman–Crippen LogP) is 2.85. The number of hydrogen-bond donors (Lipinski definition) is 1. The van der Waals surface area contributed by atoms with E-state index in [9.17, 15) is 4.79 Å². The minimum Gasteiger partial charge on any atom is -0.378 e. The van der Waals surface area contributed by atoms with Crippen molar-refractivity contribution in [3.05, 3.63) is 29.8 Å². The van der Waals surface area contributed by atoms with Crippen LogP contribution in [0.5, 0.6) is 0 Å². The lowest BCUT2D eigenvalue weighted by Crippen LogP contribution is -2.45. The van der Waals surface area contributed by atoms with Crippen LogP contribution in [0.2, 0.25) is 0 Å². The van der Waals surface area contributed by atoms with Gasteiger partial charge in [0.2, 0.25) is 0 Å². The Bertz CT molecular complexity index is 526. The summed E-state index contributed by atoms with van der Waals surface area (Å²) >= 11 is 0. The minimum absolute atomic E-state index is 0.0744. The SMILES string of the molecule is CCC1CCCN(C(=O)NCc2ccc(N3CCOCC3)cc2)C1. The predicted molar refractivity (Wildman–Crippen MR) is 96.3 cm³/mol. The summed E-state index contributed by atoms with van der Waals surface area (Å²) in [5.74, 6) is 0.664. The zero-order valence-corrected chi connectivity index (χ0v) is 14.7. The van der Waals surface area contributed by atoms with Crippen LogP contribution < -0.4 is 10.2 Å². The van der Waals surface area contributed by atoms with Gasteiger partial charge in [-0.1, -0.05) is 25.5 Å². The summed E-state index contributed by atoms with van der Waals surface area (Å²) in [6.45, 7) is 8.08. The molecule has 1 atom stereocenters. The number of urea groups is 1. The Morgan fingerprint density at radius 1 is 1.21 bits per heavy atom. The molecular formula is C19H29N3O2. The summed E-state index contributed by atoms with van der Waals surface area (Å²) in [5, 5.41) is 3.07. The molecule has 1 unspecified atom stereocenters. The van der Waals surface area contributed by atoms with Gasteiger partial charge >= 0.3 is 6.03 Å². The maximum Gasteiger partial charge on any atom is 0.317 e. The molecule has 2 fully saturated rings. The van der Waals surface area contributed by atoms with Crippen molar-refractivity contribution in [2.24, 2.45) is 5.92 Å². The number of piperidine rings is 1. The van der Waals surface area contributed by atoms with E-state index >= 15 is 0 Å². The highest BCUT2D eigenvalue weighted by molar-refractivity contribution is 5.74. The third-order valence-electron chi connectivity index (χ3n) is 5.14. The van der Waals surface area contributed by atoms with Gasteiger partial charge in [0, 0.05) is 38.4 Å². The lowest BCUT2D eigenvalue weighted by Gasteiger charge is -2.32. The van der Waals surface area contributed by atoms with Crippen molar-refractivity contribution in [2.75, 3.05) is 44.3 Å². The molecular weight excluding hydrogens is 302 g/mol. The number of ether oxygens (including phenoxy) is 1. The van der Waals surface area contributed by atoms with Crippen molar-refractivity contribution in [2.45, 2.75) is 32.7 Å². The van der Waals surface area contributed by atoms with Crippen molar-refractivity contribution < 1.29 is 9.53 Å². The second kappa shape index (κ2) is 8.38. The molecule has 2 saturated heterocycles. The second-order valence-electron chi connectivity index (χ2n) is 6.79. The zero-order chi connectivity index (χ0) is 16.8. The Kier molecular flexibility index (Phi) is 5.96. The zero-order valence-electron chi connectivity index (χ0n) is 14.7. The number of nitrogens with zero attached hydrogens (tertiary/aromatic N) is 2. The van der Waals surface area contributed by atoms with Gasteiger partial charge in [0.15, 0.2) is 0 Å². The average molecular weight is 331 g/mol. The third-order valence-corrected chi connectivity index (χ3v) is 5.14. The number of hydrogen-bond acceptors (Lipinski definition) is 3. The molecule has 2 amide bonds. The molecule has 2 heterocycles. The van der Waals surface area contributed by atoms with E-state index in [4.69, 9.17) is 4.74 Å². The molecule has 132 valence electrons. The molecule has 0 bridgehead atoms. The van der Waals surface area contributed by atoms with Gasteiger partial charge in [-0.15, -0.1) is 0 Å². The van der Waals surface area contributed by atoms with E-state index in [-0.39, 0.29) is 6.03 Å². The molecule has 1 aromatic rings. The average Bonchev–Trinajstić information content (AvgIpc) is 2.67. The number of carbonyl (C=O) groups excluding carboxylic acids is 1. The standard InChI is InChI=1S/C19H29N3O2/c1-2-16-4-3-9-22(15-16)19(23)20-14-17-5-7-18(8-6-17)21-10-12-24-13-11-21/h5-8,16H,2-4,9-15H2,1H3,(H,20,23). The first-order chi connectivity index (χ1) is 11.8. The summed E-state index contributed by atoms with van der Waals surface area (Å²) < 4.78 is 5.39. The van der Waals surface area contributed by atoms with Gasteiger partial charge in [-0.3, -0.25) is 0 Å². The molecule has 1 N–H and O–H groups in total. The molecule has 0 aliphatic carbocycles. The van der Waals surface area contributed by atoms with E-state index in [0.717, 1.165) is 57.8 Å². The first-order valence-corrected chi connectivity index (χ1v) is 9.20. The summed E-state index contributed by atoms with van der Waals surface area (Å²) in [7, 11) is 0.